The molecule has 0 aromatic heterocycles. The lowest BCUT2D eigenvalue weighted by Gasteiger charge is -2.14. The van der Waals surface area contributed by atoms with Gasteiger partial charge in [0.25, 0.3) is 15.9 Å². The SMILES string of the molecule is CON(C)S(=O)(=O)c1ccc(C(=O)Nc2ccc(C)cc2Cl)cc1. The van der Waals surface area contributed by atoms with Crippen LogP contribution in [0.25, 0.3) is 0 Å². The van der Waals surface area contributed by atoms with Gasteiger partial charge in [-0.15, -0.1) is 0 Å². The number of nitrogens with one attached hydrogen (secondary N) is 1. The summed E-state index contributed by atoms with van der Waals surface area (Å²) < 4.78 is 24.9. The van der Waals surface area contributed by atoms with Gasteiger partial charge in [0.1, 0.15) is 0 Å². The number of nitrogens with zero attached hydrogens (tertiary/aromatic N) is 1. The highest BCUT2D eigenvalue weighted by atomic mass is 35.5. The Labute approximate surface area is 146 Å². The molecule has 1 N–H and O–H groups in total. The maximum Gasteiger partial charge on any atom is 0.264 e. The zero-order chi connectivity index (χ0) is 17.9. The first kappa shape index (κ1) is 18.4. The minimum atomic E-state index is -3.74. The molecule has 0 unspecified atom stereocenters. The van der Waals surface area contributed by atoms with Gasteiger partial charge in [0, 0.05) is 12.6 Å². The van der Waals surface area contributed by atoms with Crippen LogP contribution in [0.2, 0.25) is 5.02 Å². The number of carbonyl (C=O) groups is 1. The van der Waals surface area contributed by atoms with E-state index in [-0.39, 0.29) is 10.8 Å². The van der Waals surface area contributed by atoms with Crippen LogP contribution in [0.1, 0.15) is 15.9 Å². The highest BCUT2D eigenvalue weighted by Gasteiger charge is 2.21. The van der Waals surface area contributed by atoms with Crippen molar-refractivity contribution in [2.45, 2.75) is 11.8 Å². The highest BCUT2D eigenvalue weighted by molar-refractivity contribution is 7.89. The van der Waals surface area contributed by atoms with E-state index in [4.69, 9.17) is 16.4 Å². The molecule has 24 heavy (non-hydrogen) atoms. The molecule has 0 fully saturated rings. The van der Waals surface area contributed by atoms with Gasteiger partial charge in [-0.2, -0.15) is 0 Å². The summed E-state index contributed by atoms with van der Waals surface area (Å²) in [7, 11) is -1.20. The van der Waals surface area contributed by atoms with Crippen LogP contribution in [-0.4, -0.2) is 33.0 Å². The second-order valence-corrected chi connectivity index (χ2v) is 7.40. The summed E-state index contributed by atoms with van der Waals surface area (Å²) in [6.45, 7) is 1.90. The van der Waals surface area contributed by atoms with Crippen molar-refractivity contribution >= 4 is 33.2 Å². The van der Waals surface area contributed by atoms with Crippen LogP contribution >= 0.6 is 11.6 Å². The van der Waals surface area contributed by atoms with Gasteiger partial charge in [-0.25, -0.2) is 8.42 Å². The molecule has 0 spiro atoms. The standard InChI is InChI=1S/C16H17ClN2O4S/c1-11-4-9-15(14(17)10-11)18-16(20)12-5-7-13(8-6-12)24(21,22)19(2)23-3/h4-10H,1-3H3,(H,18,20). The van der Waals surface area contributed by atoms with E-state index in [0.717, 1.165) is 10.0 Å². The third kappa shape index (κ3) is 3.93. The summed E-state index contributed by atoms with van der Waals surface area (Å²) in [5.41, 5.74) is 1.78. The van der Waals surface area contributed by atoms with Crippen molar-refractivity contribution in [2.24, 2.45) is 0 Å². The Bertz CT molecular complexity index is 851. The summed E-state index contributed by atoms with van der Waals surface area (Å²) in [6, 6.07) is 10.8. The number of amides is 1. The Balaban J connectivity index is 2.20. The number of hydroxylamine groups is 1. The summed E-state index contributed by atoms with van der Waals surface area (Å²) in [5, 5.41) is 3.12. The van der Waals surface area contributed by atoms with Crippen molar-refractivity contribution in [2.75, 3.05) is 19.5 Å². The first-order chi connectivity index (χ1) is 11.3. The maximum atomic E-state index is 12.2. The quantitative estimate of drug-likeness (QED) is 0.823. The molecule has 0 heterocycles. The molecule has 0 saturated carbocycles. The molecule has 2 aromatic rings. The van der Waals surface area contributed by atoms with Gasteiger partial charge < -0.3 is 5.32 Å². The summed E-state index contributed by atoms with van der Waals surface area (Å²) >= 11 is 6.08. The maximum absolute atomic E-state index is 12.2. The lowest BCUT2D eigenvalue weighted by atomic mass is 10.2. The first-order valence-electron chi connectivity index (χ1n) is 6.96. The van der Waals surface area contributed by atoms with E-state index < -0.39 is 10.0 Å². The Morgan fingerprint density at radius 1 is 1.17 bits per heavy atom. The Hall–Kier alpha value is -1.93. The lowest BCUT2D eigenvalue weighted by Crippen LogP contribution is -2.25. The zero-order valence-corrected chi connectivity index (χ0v) is 15.0. The third-order valence-electron chi connectivity index (χ3n) is 3.38. The number of rotatable bonds is 5. The van der Waals surface area contributed by atoms with E-state index in [1.165, 1.54) is 38.4 Å². The van der Waals surface area contributed by atoms with Crippen LogP contribution in [0.15, 0.2) is 47.4 Å². The van der Waals surface area contributed by atoms with Crippen LogP contribution in [0.5, 0.6) is 0 Å². The van der Waals surface area contributed by atoms with E-state index in [1.54, 1.807) is 12.1 Å². The largest absolute Gasteiger partial charge is 0.321 e. The molecule has 0 radical (unpaired) electrons. The van der Waals surface area contributed by atoms with Crippen molar-refractivity contribution in [1.29, 1.82) is 0 Å². The van der Waals surface area contributed by atoms with Gasteiger partial charge >= 0.3 is 0 Å². The van der Waals surface area contributed by atoms with E-state index in [0.29, 0.717) is 16.3 Å². The average molecular weight is 369 g/mol. The van der Waals surface area contributed by atoms with Gasteiger partial charge in [0.15, 0.2) is 0 Å². The summed E-state index contributed by atoms with van der Waals surface area (Å²) in [5.74, 6) is -0.384. The molecule has 0 bridgehead atoms. The van der Waals surface area contributed by atoms with Crippen molar-refractivity contribution in [3.63, 3.8) is 0 Å². The van der Waals surface area contributed by atoms with Crippen LogP contribution in [0.3, 0.4) is 0 Å². The number of benzene rings is 2. The molecule has 1 amide bonds. The van der Waals surface area contributed by atoms with Crippen molar-refractivity contribution < 1.29 is 18.0 Å². The first-order valence-corrected chi connectivity index (χ1v) is 8.78. The fraction of sp³-hybridized carbons (Fsp3) is 0.188. The average Bonchev–Trinajstić information content (AvgIpc) is 2.56. The molecule has 0 atom stereocenters. The van der Waals surface area contributed by atoms with E-state index in [1.807, 2.05) is 13.0 Å². The molecule has 0 aliphatic carbocycles. The molecule has 2 aromatic carbocycles. The second-order valence-electron chi connectivity index (χ2n) is 5.06. The number of aryl methyl sites for hydroxylation is 1. The summed E-state index contributed by atoms with van der Waals surface area (Å²) in [4.78, 5) is 17.0. The van der Waals surface area contributed by atoms with Gasteiger partial charge in [-0.05, 0) is 48.9 Å². The van der Waals surface area contributed by atoms with E-state index in [2.05, 4.69) is 5.32 Å². The predicted octanol–water partition coefficient (Wildman–Crippen LogP) is 3.08. The molecule has 6 nitrogen and oxygen atoms in total. The van der Waals surface area contributed by atoms with Crippen molar-refractivity contribution in [1.82, 2.24) is 4.47 Å². The Morgan fingerprint density at radius 2 is 1.79 bits per heavy atom. The number of anilines is 1. The Morgan fingerprint density at radius 3 is 2.33 bits per heavy atom. The molecule has 0 aliphatic heterocycles. The molecular weight excluding hydrogens is 352 g/mol. The molecule has 0 saturated heterocycles. The highest BCUT2D eigenvalue weighted by Crippen LogP contribution is 2.23. The van der Waals surface area contributed by atoms with Crippen LogP contribution in [-0.2, 0) is 14.9 Å². The number of hydrogen-bond donors (Lipinski definition) is 1. The zero-order valence-electron chi connectivity index (χ0n) is 13.4. The number of carbonyl (C=O) groups excluding carboxylic acids is 1. The van der Waals surface area contributed by atoms with Crippen LogP contribution in [0.4, 0.5) is 5.69 Å². The van der Waals surface area contributed by atoms with Crippen LogP contribution < -0.4 is 5.32 Å². The molecule has 8 heteroatoms. The van der Waals surface area contributed by atoms with E-state index in [9.17, 15) is 13.2 Å². The number of sulfonamides is 1. The number of halogens is 1. The minimum Gasteiger partial charge on any atom is -0.321 e. The third-order valence-corrected chi connectivity index (χ3v) is 5.39. The Kier molecular flexibility index (Phi) is 5.61. The second kappa shape index (κ2) is 7.31. The lowest BCUT2D eigenvalue weighted by molar-refractivity contribution is -0.0258. The van der Waals surface area contributed by atoms with Gasteiger partial charge in [0.2, 0.25) is 0 Å². The molecular formula is C16H17ClN2O4S. The molecule has 0 aliphatic rings. The van der Waals surface area contributed by atoms with Gasteiger partial charge in [-0.3, -0.25) is 9.63 Å². The fourth-order valence-corrected chi connectivity index (χ4v) is 3.20. The van der Waals surface area contributed by atoms with Crippen LogP contribution in [0, 0.1) is 6.92 Å². The molecule has 2 rings (SSSR count). The van der Waals surface area contributed by atoms with Crippen molar-refractivity contribution in [3.8, 4) is 0 Å². The normalized spacial score (nSPS) is 11.5. The molecule has 128 valence electrons. The number of hydrogen-bond acceptors (Lipinski definition) is 4. The van der Waals surface area contributed by atoms with Gasteiger partial charge in [-0.1, -0.05) is 22.1 Å². The predicted molar refractivity (Wildman–Crippen MR) is 92.5 cm³/mol. The monoisotopic (exact) mass is 368 g/mol. The van der Waals surface area contributed by atoms with Crippen molar-refractivity contribution in [3.05, 3.63) is 58.6 Å². The van der Waals surface area contributed by atoms with Gasteiger partial charge in [0.05, 0.1) is 22.7 Å². The summed E-state index contributed by atoms with van der Waals surface area (Å²) in [6.07, 6.45) is 0. The fourth-order valence-electron chi connectivity index (χ4n) is 1.94. The minimum absolute atomic E-state index is 0.0248. The topological polar surface area (TPSA) is 75.7 Å². The smallest absolute Gasteiger partial charge is 0.264 e. The van der Waals surface area contributed by atoms with E-state index >= 15 is 0 Å².